The highest BCUT2D eigenvalue weighted by Crippen LogP contribution is 2.62. The molecular formula is C45H42BrN7O9. The van der Waals surface area contributed by atoms with Crippen LogP contribution < -0.4 is 36.6 Å². The number of phenolic OH excluding ortho intramolecular Hbond substituents is 1. The van der Waals surface area contributed by atoms with E-state index in [2.05, 4.69) is 26.3 Å². The first-order valence-corrected chi connectivity index (χ1v) is 20.7. The number of nitrogens with zero attached hydrogens (tertiary/aromatic N) is 6. The molecule has 2 N–H and O–H groups in total. The van der Waals surface area contributed by atoms with Crippen LogP contribution >= 0.6 is 15.9 Å². The van der Waals surface area contributed by atoms with Gasteiger partial charge < -0.3 is 23.9 Å². The highest BCUT2D eigenvalue weighted by Gasteiger charge is 2.69. The lowest BCUT2D eigenvalue weighted by molar-refractivity contribution is -0.138. The van der Waals surface area contributed by atoms with Gasteiger partial charge in [-0.2, -0.15) is 5.01 Å². The van der Waals surface area contributed by atoms with E-state index in [1.165, 1.54) is 35.3 Å². The van der Waals surface area contributed by atoms with Crippen molar-refractivity contribution in [3.8, 4) is 23.0 Å². The minimum Gasteiger partial charge on any atom is -0.503 e. The van der Waals surface area contributed by atoms with Gasteiger partial charge in [0.25, 0.3) is 17.4 Å². The van der Waals surface area contributed by atoms with Gasteiger partial charge in [-0.1, -0.05) is 54.1 Å². The third kappa shape index (κ3) is 6.00. The zero-order valence-corrected chi connectivity index (χ0v) is 36.0. The quantitative estimate of drug-likeness (QED) is 0.144. The number of hydrazine groups is 1. The first-order valence-electron chi connectivity index (χ1n) is 19.9. The maximum absolute atomic E-state index is 15.4. The Morgan fingerprint density at radius 2 is 1.58 bits per heavy atom. The fraction of sp³-hybridized carbons (Fsp3) is 0.289. The normalized spacial score (nSPS) is 20.4. The Bertz CT molecular complexity index is 3040. The predicted octanol–water partition coefficient (Wildman–Crippen LogP) is 4.72. The Balaban J connectivity index is 1.18. The summed E-state index contributed by atoms with van der Waals surface area (Å²) in [6, 6.07) is 22.2. The number of anilines is 1. The smallest absolute Gasteiger partial charge is 0.347 e. The summed E-state index contributed by atoms with van der Waals surface area (Å²) in [5.74, 6) is -2.12. The fourth-order valence-electron chi connectivity index (χ4n) is 9.63. The maximum Gasteiger partial charge on any atom is 0.347 e. The number of hydrogen-bond acceptors (Lipinski definition) is 11. The molecule has 318 valence electrons. The van der Waals surface area contributed by atoms with Crippen molar-refractivity contribution in [1.29, 1.82) is 0 Å². The fourth-order valence-corrected chi connectivity index (χ4v) is 10.1. The molecule has 4 atom stereocenters. The minimum atomic E-state index is -1.55. The summed E-state index contributed by atoms with van der Waals surface area (Å²) in [5, 5.41) is 12.0. The van der Waals surface area contributed by atoms with Gasteiger partial charge in [-0.15, -0.1) is 0 Å². The molecule has 1 saturated carbocycles. The van der Waals surface area contributed by atoms with Gasteiger partial charge in [-0.05, 0) is 70.2 Å². The Morgan fingerprint density at radius 3 is 2.27 bits per heavy atom. The molecule has 9 rings (SSSR count). The topological polar surface area (TPSA) is 181 Å². The van der Waals surface area contributed by atoms with E-state index >= 15 is 4.79 Å². The molecule has 4 aromatic carbocycles. The van der Waals surface area contributed by atoms with Gasteiger partial charge in [-0.25, -0.2) is 28.5 Å². The van der Waals surface area contributed by atoms with Crippen molar-refractivity contribution >= 4 is 44.5 Å². The lowest BCUT2D eigenvalue weighted by Crippen LogP contribution is -2.53. The van der Waals surface area contributed by atoms with Crippen LogP contribution in [0, 0.1) is 12.8 Å². The number of carbonyl (C=O) groups is 2. The van der Waals surface area contributed by atoms with Crippen molar-refractivity contribution in [1.82, 2.24) is 28.5 Å². The third-order valence-electron chi connectivity index (χ3n) is 12.6. The molecular weight excluding hydrogens is 862 g/mol. The number of allylic oxidation sites excluding steroid dienone is 2. The van der Waals surface area contributed by atoms with E-state index in [0.717, 1.165) is 15.1 Å². The number of aromatic nitrogens is 5. The molecule has 0 unspecified atom stereocenters. The van der Waals surface area contributed by atoms with Gasteiger partial charge in [0.2, 0.25) is 0 Å². The average molecular weight is 905 g/mol. The zero-order chi connectivity index (χ0) is 43.8. The van der Waals surface area contributed by atoms with Crippen LogP contribution in [0.5, 0.6) is 23.0 Å². The summed E-state index contributed by atoms with van der Waals surface area (Å²) >= 11 is 3.48. The summed E-state index contributed by atoms with van der Waals surface area (Å²) in [6.45, 7) is 1.74. The number of halogens is 1. The van der Waals surface area contributed by atoms with E-state index in [1.54, 1.807) is 43.4 Å². The van der Waals surface area contributed by atoms with Crippen LogP contribution in [0.1, 0.15) is 40.8 Å². The standard InChI is InChI=1S/C45H42BrN7O9/c1-24-11-13-27(14-12-24)48-52-40(55)29-21-33-28(38(25-19-30(46)39(54)37(20-25)62-5)45(29,42(52)57)26-9-7-6-8-10-26)15-18-51-43(58)50(44(59)53(33)51)17-16-31-41(56)49(2)34-23-36(61-4)35(60-3)22-32(34)47-31/h6-15,19-20,22-23,29,33,38,48,54H,16-18,21H2,1-5H3/t29-,33+,38-,45+/m0/s1. The number of rotatable bonds is 10. The Hall–Kier alpha value is -6.88. The Morgan fingerprint density at radius 1 is 0.887 bits per heavy atom. The summed E-state index contributed by atoms with van der Waals surface area (Å²) in [5.41, 5.74) is 4.27. The highest BCUT2D eigenvalue weighted by atomic mass is 79.9. The van der Waals surface area contributed by atoms with Crippen LogP contribution in [0.25, 0.3) is 11.0 Å². The molecule has 1 aliphatic carbocycles. The lowest BCUT2D eigenvalue weighted by atomic mass is 9.53. The number of benzene rings is 4. The van der Waals surface area contributed by atoms with E-state index in [4.69, 9.17) is 14.2 Å². The van der Waals surface area contributed by atoms with E-state index in [1.807, 2.05) is 55.5 Å². The number of ether oxygens (including phenoxy) is 3. The second kappa shape index (κ2) is 15.2. The number of aryl methyl sites for hydroxylation is 3. The number of hydrogen-bond donors (Lipinski definition) is 2. The molecule has 62 heavy (non-hydrogen) atoms. The van der Waals surface area contributed by atoms with Gasteiger partial charge in [0.05, 0.1) is 66.4 Å². The summed E-state index contributed by atoms with van der Waals surface area (Å²) in [6.07, 6.45) is 1.80. The highest BCUT2D eigenvalue weighted by molar-refractivity contribution is 9.10. The second-order valence-corrected chi connectivity index (χ2v) is 16.6. The summed E-state index contributed by atoms with van der Waals surface area (Å²) < 4.78 is 22.0. The minimum absolute atomic E-state index is 0.00824. The van der Waals surface area contributed by atoms with Gasteiger partial charge >= 0.3 is 11.4 Å². The van der Waals surface area contributed by atoms with Crippen LogP contribution in [0.2, 0.25) is 0 Å². The SMILES string of the molecule is COc1cc2nc(CCn3c(=O)n4n(c3=O)[C@@H]3C[C@H]5C(=O)N(Nc6ccc(C)cc6)C(=O)[C@@]5(c5ccccc5)[C@@H](c5cc(Br)c(O)c(OC)c5)C3=CC4)c(=O)n(C)c2cc1OC. The molecule has 0 radical (unpaired) electrons. The van der Waals surface area contributed by atoms with Crippen molar-refractivity contribution in [2.75, 3.05) is 26.8 Å². The Kier molecular flexibility index (Phi) is 9.96. The monoisotopic (exact) mass is 903 g/mol. The molecule has 2 aromatic heterocycles. The van der Waals surface area contributed by atoms with E-state index < -0.39 is 52.0 Å². The predicted molar refractivity (Wildman–Crippen MR) is 232 cm³/mol. The number of aromatic hydroxyl groups is 1. The van der Waals surface area contributed by atoms with Crippen LogP contribution in [0.15, 0.2) is 109 Å². The number of fused-ring (bicyclic) bond motifs is 5. The number of methoxy groups -OCH3 is 3. The largest absolute Gasteiger partial charge is 0.503 e. The van der Waals surface area contributed by atoms with Crippen molar-refractivity contribution in [3.63, 3.8) is 0 Å². The van der Waals surface area contributed by atoms with Gasteiger partial charge in [0, 0.05) is 38.1 Å². The molecule has 16 nitrogen and oxygen atoms in total. The first kappa shape index (κ1) is 40.5. The van der Waals surface area contributed by atoms with Crippen LogP contribution in [-0.4, -0.2) is 66.7 Å². The van der Waals surface area contributed by atoms with Crippen molar-refractivity contribution in [2.45, 2.75) is 50.2 Å². The molecule has 2 fully saturated rings. The van der Waals surface area contributed by atoms with Gasteiger partial charge in [-0.3, -0.25) is 19.8 Å². The number of nitrogens with one attached hydrogen (secondary N) is 1. The molecule has 6 aromatic rings. The van der Waals surface area contributed by atoms with E-state index in [0.29, 0.717) is 49.4 Å². The van der Waals surface area contributed by atoms with Gasteiger partial charge in [0.1, 0.15) is 5.69 Å². The summed E-state index contributed by atoms with van der Waals surface area (Å²) in [7, 11) is 6.02. The number of phenols is 1. The number of amides is 2. The Labute approximate surface area is 362 Å². The molecule has 1 saturated heterocycles. The summed E-state index contributed by atoms with van der Waals surface area (Å²) in [4.78, 5) is 77.6. The van der Waals surface area contributed by atoms with Crippen molar-refractivity contribution in [3.05, 3.63) is 149 Å². The number of imide groups is 1. The molecule has 0 bridgehead atoms. The van der Waals surface area contributed by atoms with E-state index in [-0.39, 0.29) is 43.1 Å². The zero-order valence-electron chi connectivity index (χ0n) is 34.4. The van der Waals surface area contributed by atoms with Gasteiger partial charge in [0.15, 0.2) is 23.0 Å². The molecule has 2 amide bonds. The second-order valence-electron chi connectivity index (χ2n) is 15.7. The van der Waals surface area contributed by atoms with Crippen molar-refractivity contribution in [2.24, 2.45) is 13.0 Å². The van der Waals surface area contributed by atoms with E-state index in [9.17, 15) is 24.3 Å². The lowest BCUT2D eigenvalue weighted by Gasteiger charge is -2.49. The molecule has 4 heterocycles. The van der Waals surface area contributed by atoms with Crippen LogP contribution in [0.3, 0.4) is 0 Å². The number of carbonyl (C=O) groups excluding carboxylic acids is 2. The average Bonchev–Trinajstić information content (AvgIpc) is 3.65. The third-order valence-corrected chi connectivity index (χ3v) is 13.2. The maximum atomic E-state index is 15.4. The molecule has 2 aliphatic heterocycles. The van der Waals surface area contributed by atoms with Crippen molar-refractivity contribution < 1.29 is 28.9 Å². The molecule has 17 heteroatoms. The first-order chi connectivity index (χ1) is 29.8. The van der Waals surface area contributed by atoms with Crippen LogP contribution in [0.4, 0.5) is 5.69 Å². The van der Waals surface area contributed by atoms with Crippen LogP contribution in [-0.2, 0) is 41.6 Å². The molecule has 0 spiro atoms. The molecule has 3 aliphatic rings.